The molecule has 4 rings (SSSR count). The summed E-state index contributed by atoms with van der Waals surface area (Å²) in [6, 6.07) is 20.8. The maximum Gasteiger partial charge on any atom is 0.261 e. The van der Waals surface area contributed by atoms with Gasteiger partial charge in [-0.25, -0.2) is 0 Å². The molecule has 31 heavy (non-hydrogen) atoms. The molecule has 0 spiro atoms. The number of pyridine rings is 1. The van der Waals surface area contributed by atoms with Gasteiger partial charge in [-0.15, -0.1) is 0 Å². The van der Waals surface area contributed by atoms with Gasteiger partial charge in [0.15, 0.2) is 0 Å². The van der Waals surface area contributed by atoms with Crippen LogP contribution < -0.4 is 5.43 Å². The second kappa shape index (κ2) is 9.39. The summed E-state index contributed by atoms with van der Waals surface area (Å²) in [5, 5.41) is 0.411. The Hall–Kier alpha value is -3.73. The molecule has 0 N–H and O–H groups in total. The van der Waals surface area contributed by atoms with Crippen molar-refractivity contribution >= 4 is 16.9 Å². The van der Waals surface area contributed by atoms with E-state index in [1.54, 1.807) is 41.6 Å². The van der Waals surface area contributed by atoms with Gasteiger partial charge in [-0.2, -0.15) is 0 Å². The van der Waals surface area contributed by atoms with Crippen molar-refractivity contribution in [2.24, 2.45) is 0 Å². The molecule has 2 heterocycles. The Balaban J connectivity index is 1.64. The largest absolute Gasteiger partial charge is 0.463 e. The van der Waals surface area contributed by atoms with Gasteiger partial charge in [0.05, 0.1) is 5.39 Å². The lowest BCUT2D eigenvalue weighted by Crippen LogP contribution is -2.40. The molecule has 0 aliphatic carbocycles. The normalized spacial score (nSPS) is 11.9. The van der Waals surface area contributed by atoms with Crippen LogP contribution in [0.4, 0.5) is 0 Å². The van der Waals surface area contributed by atoms with Crippen molar-refractivity contribution < 1.29 is 9.21 Å². The lowest BCUT2D eigenvalue weighted by atomic mass is 10.0. The number of carbonyl (C=O) groups is 1. The Morgan fingerprint density at radius 2 is 1.68 bits per heavy atom. The molecule has 1 unspecified atom stereocenters. The third kappa shape index (κ3) is 4.72. The van der Waals surface area contributed by atoms with Crippen LogP contribution in [0.15, 0.2) is 94.6 Å². The van der Waals surface area contributed by atoms with Crippen LogP contribution in [0.3, 0.4) is 0 Å². The predicted molar refractivity (Wildman–Crippen MR) is 121 cm³/mol. The second-order valence-electron chi connectivity index (χ2n) is 7.64. The quantitative estimate of drug-likeness (QED) is 0.435. The number of aromatic nitrogens is 1. The van der Waals surface area contributed by atoms with Crippen LogP contribution >= 0.6 is 0 Å². The van der Waals surface area contributed by atoms with Crippen molar-refractivity contribution in [3.05, 3.63) is 112 Å². The third-order valence-electron chi connectivity index (χ3n) is 5.50. The van der Waals surface area contributed by atoms with Gasteiger partial charge in [0.1, 0.15) is 17.4 Å². The third-order valence-corrected chi connectivity index (χ3v) is 5.50. The minimum absolute atomic E-state index is 0.0549. The average Bonchev–Trinajstić information content (AvgIpc) is 2.82. The number of nitrogens with zero attached hydrogens (tertiary/aromatic N) is 2. The fourth-order valence-electron chi connectivity index (χ4n) is 3.67. The number of para-hydroxylation sites is 1. The molecule has 2 aromatic carbocycles. The topological polar surface area (TPSA) is 63.4 Å². The molecule has 0 bridgehead atoms. The van der Waals surface area contributed by atoms with E-state index in [1.165, 1.54) is 11.8 Å². The molecular formula is C26H24N2O3. The zero-order valence-electron chi connectivity index (χ0n) is 17.4. The number of rotatable bonds is 7. The van der Waals surface area contributed by atoms with E-state index in [2.05, 4.69) is 17.1 Å². The molecule has 0 aliphatic heterocycles. The van der Waals surface area contributed by atoms with E-state index < -0.39 is 0 Å². The maximum atomic E-state index is 13.5. The molecule has 1 atom stereocenters. The van der Waals surface area contributed by atoms with Crippen LogP contribution in [0.1, 0.15) is 34.8 Å². The fourth-order valence-corrected chi connectivity index (χ4v) is 3.67. The van der Waals surface area contributed by atoms with E-state index >= 15 is 0 Å². The summed E-state index contributed by atoms with van der Waals surface area (Å²) < 4.78 is 5.60. The van der Waals surface area contributed by atoms with Gasteiger partial charge in [-0.05, 0) is 55.2 Å². The monoisotopic (exact) mass is 412 g/mol. The number of aryl methyl sites for hydroxylation is 1. The molecule has 0 saturated carbocycles. The Bertz CT molecular complexity index is 1220. The molecule has 5 nitrogen and oxygen atoms in total. The predicted octanol–water partition coefficient (Wildman–Crippen LogP) is 4.85. The summed E-state index contributed by atoms with van der Waals surface area (Å²) >= 11 is 0. The van der Waals surface area contributed by atoms with E-state index in [0.29, 0.717) is 17.5 Å². The second-order valence-corrected chi connectivity index (χ2v) is 7.64. The van der Waals surface area contributed by atoms with E-state index in [1.807, 2.05) is 37.3 Å². The SMILES string of the molecule is CC(CCc1ccccc1)N(Cc1ccncc1)C(=O)c1coc2ccccc2c1=O. The molecule has 4 aromatic rings. The zero-order chi connectivity index (χ0) is 21.6. The molecule has 0 fully saturated rings. The number of hydrogen-bond donors (Lipinski definition) is 0. The van der Waals surface area contributed by atoms with Crippen LogP contribution in [-0.2, 0) is 13.0 Å². The highest BCUT2D eigenvalue weighted by Gasteiger charge is 2.25. The van der Waals surface area contributed by atoms with E-state index in [0.717, 1.165) is 18.4 Å². The summed E-state index contributed by atoms with van der Waals surface area (Å²) in [5.74, 6) is -0.322. The summed E-state index contributed by atoms with van der Waals surface area (Å²) in [6.45, 7) is 2.41. The summed E-state index contributed by atoms with van der Waals surface area (Å²) in [5.41, 5.74) is 2.40. The van der Waals surface area contributed by atoms with Gasteiger partial charge in [-0.3, -0.25) is 14.6 Å². The molecule has 1 amide bonds. The lowest BCUT2D eigenvalue weighted by molar-refractivity contribution is 0.0664. The van der Waals surface area contributed by atoms with Crippen molar-refractivity contribution in [2.75, 3.05) is 0 Å². The first-order valence-corrected chi connectivity index (χ1v) is 10.4. The van der Waals surface area contributed by atoms with Crippen molar-refractivity contribution in [3.63, 3.8) is 0 Å². The van der Waals surface area contributed by atoms with E-state index in [9.17, 15) is 9.59 Å². The first kappa shape index (κ1) is 20.5. The molecule has 0 aliphatic rings. The minimum Gasteiger partial charge on any atom is -0.463 e. The number of benzene rings is 2. The molecular weight excluding hydrogens is 388 g/mol. The molecule has 156 valence electrons. The van der Waals surface area contributed by atoms with Crippen LogP contribution in [0.25, 0.3) is 11.0 Å². The van der Waals surface area contributed by atoms with Gasteiger partial charge in [-0.1, -0.05) is 42.5 Å². The number of carbonyl (C=O) groups excluding carboxylic acids is 1. The highest BCUT2D eigenvalue weighted by Crippen LogP contribution is 2.18. The average molecular weight is 412 g/mol. The van der Waals surface area contributed by atoms with Crippen molar-refractivity contribution in [1.29, 1.82) is 0 Å². The first-order valence-electron chi connectivity index (χ1n) is 10.4. The van der Waals surface area contributed by atoms with Crippen LogP contribution in [-0.4, -0.2) is 21.8 Å². The Morgan fingerprint density at radius 1 is 0.968 bits per heavy atom. The molecule has 0 saturated heterocycles. The van der Waals surface area contributed by atoms with Gasteiger partial charge in [0, 0.05) is 25.0 Å². The first-order chi connectivity index (χ1) is 15.1. The highest BCUT2D eigenvalue weighted by molar-refractivity contribution is 5.96. The van der Waals surface area contributed by atoms with Gasteiger partial charge in [0.2, 0.25) is 5.43 Å². The molecule has 0 radical (unpaired) electrons. The number of hydrogen-bond acceptors (Lipinski definition) is 4. The smallest absolute Gasteiger partial charge is 0.261 e. The van der Waals surface area contributed by atoms with Crippen molar-refractivity contribution in [3.8, 4) is 0 Å². The van der Waals surface area contributed by atoms with Crippen molar-refractivity contribution in [2.45, 2.75) is 32.4 Å². The number of fused-ring (bicyclic) bond motifs is 1. The summed E-state index contributed by atoms with van der Waals surface area (Å²) in [6.07, 6.45) is 6.32. The van der Waals surface area contributed by atoms with E-state index in [4.69, 9.17) is 4.42 Å². The summed E-state index contributed by atoms with van der Waals surface area (Å²) in [7, 11) is 0. The Labute approximate surface area is 181 Å². The molecule has 2 aromatic heterocycles. The Morgan fingerprint density at radius 3 is 2.45 bits per heavy atom. The summed E-state index contributed by atoms with van der Waals surface area (Å²) in [4.78, 5) is 32.3. The zero-order valence-corrected chi connectivity index (χ0v) is 17.4. The van der Waals surface area contributed by atoms with E-state index in [-0.39, 0.29) is 22.9 Å². The van der Waals surface area contributed by atoms with Crippen molar-refractivity contribution in [1.82, 2.24) is 9.88 Å². The fraction of sp³-hybridized carbons (Fsp3) is 0.192. The minimum atomic E-state index is -0.322. The number of amides is 1. The van der Waals surface area contributed by atoms with Gasteiger partial charge >= 0.3 is 0 Å². The van der Waals surface area contributed by atoms with Gasteiger partial charge in [0.25, 0.3) is 5.91 Å². The molecule has 5 heteroatoms. The lowest BCUT2D eigenvalue weighted by Gasteiger charge is -2.29. The standard InChI is InChI=1S/C26H24N2O3/c1-19(11-12-20-7-3-2-4-8-20)28(17-21-13-15-27-16-14-21)26(30)23-18-31-24-10-6-5-9-22(24)25(23)29/h2-10,13-16,18-19H,11-12,17H2,1H3. The van der Waals surface area contributed by atoms with Crippen LogP contribution in [0.5, 0.6) is 0 Å². The van der Waals surface area contributed by atoms with Crippen LogP contribution in [0.2, 0.25) is 0 Å². The van der Waals surface area contributed by atoms with Gasteiger partial charge < -0.3 is 9.32 Å². The maximum absolute atomic E-state index is 13.5. The highest BCUT2D eigenvalue weighted by atomic mass is 16.3. The van der Waals surface area contributed by atoms with Crippen LogP contribution in [0, 0.1) is 0 Å². The Kier molecular flexibility index (Phi) is 6.22.